The molecule has 0 unspecified atom stereocenters. The fraction of sp³-hybridized carbons (Fsp3) is 0.412. The summed E-state index contributed by atoms with van der Waals surface area (Å²) in [6, 6.07) is 6.59. The molecule has 0 saturated heterocycles. The van der Waals surface area contributed by atoms with E-state index in [0.29, 0.717) is 17.9 Å². The van der Waals surface area contributed by atoms with Gasteiger partial charge in [-0.1, -0.05) is 32.3 Å². The molecule has 0 saturated carbocycles. The van der Waals surface area contributed by atoms with Crippen LogP contribution in [0.25, 0.3) is 6.08 Å². The Hall–Kier alpha value is -2.48. The van der Waals surface area contributed by atoms with Crippen LogP contribution in [-0.4, -0.2) is 24.7 Å². The van der Waals surface area contributed by atoms with E-state index in [9.17, 15) is 9.90 Å². The molecule has 0 bridgehead atoms. The van der Waals surface area contributed by atoms with Gasteiger partial charge in [0.25, 0.3) is 5.91 Å². The van der Waals surface area contributed by atoms with Gasteiger partial charge in [0.2, 0.25) is 0 Å². The van der Waals surface area contributed by atoms with Crippen LogP contribution < -0.4 is 10.1 Å². The number of hydrogen-bond donors (Lipinski definition) is 2. The predicted octanol–water partition coefficient (Wildman–Crippen LogP) is 3.00. The molecule has 0 radical (unpaired) electrons. The van der Waals surface area contributed by atoms with Crippen LogP contribution in [0.2, 0.25) is 0 Å². The Morgan fingerprint density at radius 1 is 1.41 bits per heavy atom. The van der Waals surface area contributed by atoms with Crippen LogP contribution in [0, 0.1) is 11.3 Å². The van der Waals surface area contributed by atoms with E-state index in [4.69, 9.17) is 10.00 Å². The van der Waals surface area contributed by atoms with Crippen LogP contribution in [-0.2, 0) is 4.79 Å². The lowest BCUT2D eigenvalue weighted by Crippen LogP contribution is -2.25. The standard InChI is InChI=1S/C17H22N2O3/c1-3-4-5-6-9-19-17(21)14(12-18)10-13-7-8-16(22-2)15(20)11-13/h7-8,10-11,20H,3-6,9H2,1-2H3,(H,19,21)/b14-10+. The number of methoxy groups -OCH3 is 1. The number of unbranched alkanes of at least 4 members (excludes halogenated alkanes) is 3. The van der Waals surface area contributed by atoms with E-state index < -0.39 is 5.91 Å². The lowest BCUT2D eigenvalue weighted by Gasteiger charge is -2.05. The fourth-order valence-electron chi connectivity index (χ4n) is 1.96. The van der Waals surface area contributed by atoms with Crippen molar-refractivity contribution in [1.29, 1.82) is 5.26 Å². The lowest BCUT2D eigenvalue weighted by atomic mass is 10.1. The molecule has 118 valence electrons. The Balaban J connectivity index is 2.68. The second-order valence-corrected chi connectivity index (χ2v) is 4.92. The number of aromatic hydroxyl groups is 1. The molecule has 0 fully saturated rings. The molecule has 1 aromatic carbocycles. The van der Waals surface area contributed by atoms with E-state index in [1.54, 1.807) is 12.1 Å². The summed E-state index contributed by atoms with van der Waals surface area (Å²) in [5.41, 5.74) is 0.580. The molecule has 0 aliphatic rings. The Kier molecular flexibility index (Phi) is 7.55. The molecular formula is C17H22N2O3. The number of nitrogens with one attached hydrogen (secondary N) is 1. The first-order chi connectivity index (χ1) is 10.6. The summed E-state index contributed by atoms with van der Waals surface area (Å²) >= 11 is 0. The van der Waals surface area contributed by atoms with Gasteiger partial charge in [0, 0.05) is 6.54 Å². The molecule has 0 aliphatic carbocycles. The highest BCUT2D eigenvalue weighted by Crippen LogP contribution is 2.27. The third-order valence-electron chi connectivity index (χ3n) is 3.19. The van der Waals surface area contributed by atoms with Crippen molar-refractivity contribution in [1.82, 2.24) is 5.32 Å². The quantitative estimate of drug-likeness (QED) is 0.439. The molecule has 22 heavy (non-hydrogen) atoms. The number of benzene rings is 1. The zero-order valence-corrected chi connectivity index (χ0v) is 13.1. The molecule has 1 rings (SSSR count). The van der Waals surface area contributed by atoms with Crippen LogP contribution in [0.15, 0.2) is 23.8 Å². The predicted molar refractivity (Wildman–Crippen MR) is 85.4 cm³/mol. The summed E-state index contributed by atoms with van der Waals surface area (Å²) in [5.74, 6) is -0.0844. The molecule has 0 aliphatic heterocycles. The van der Waals surface area contributed by atoms with Gasteiger partial charge >= 0.3 is 0 Å². The number of phenolic OH excluding ortho intramolecular Hbond substituents is 1. The summed E-state index contributed by atoms with van der Waals surface area (Å²) < 4.78 is 4.95. The minimum Gasteiger partial charge on any atom is -0.504 e. The molecule has 0 spiro atoms. The molecule has 0 heterocycles. The van der Waals surface area contributed by atoms with Crippen molar-refractivity contribution >= 4 is 12.0 Å². The summed E-state index contributed by atoms with van der Waals surface area (Å²) in [4.78, 5) is 11.9. The van der Waals surface area contributed by atoms with Crippen molar-refractivity contribution in [2.45, 2.75) is 32.6 Å². The molecule has 1 aromatic rings. The number of nitrogens with zero attached hydrogens (tertiary/aromatic N) is 1. The van der Waals surface area contributed by atoms with Gasteiger partial charge in [0.15, 0.2) is 11.5 Å². The van der Waals surface area contributed by atoms with Gasteiger partial charge in [0.05, 0.1) is 7.11 Å². The van der Waals surface area contributed by atoms with Crippen molar-refractivity contribution in [3.63, 3.8) is 0 Å². The van der Waals surface area contributed by atoms with E-state index in [0.717, 1.165) is 25.7 Å². The Labute approximate surface area is 131 Å². The third-order valence-corrected chi connectivity index (χ3v) is 3.19. The number of amides is 1. The largest absolute Gasteiger partial charge is 0.504 e. The maximum atomic E-state index is 11.9. The van der Waals surface area contributed by atoms with E-state index >= 15 is 0 Å². The van der Waals surface area contributed by atoms with Gasteiger partial charge in [0.1, 0.15) is 11.6 Å². The molecule has 1 amide bonds. The zero-order chi connectivity index (χ0) is 16.4. The van der Waals surface area contributed by atoms with Crippen molar-refractivity contribution in [2.75, 3.05) is 13.7 Å². The maximum absolute atomic E-state index is 11.9. The van der Waals surface area contributed by atoms with E-state index in [-0.39, 0.29) is 11.3 Å². The number of ether oxygens (including phenoxy) is 1. The van der Waals surface area contributed by atoms with Crippen LogP contribution >= 0.6 is 0 Å². The number of phenols is 1. The first kappa shape index (κ1) is 17.6. The van der Waals surface area contributed by atoms with E-state index in [2.05, 4.69) is 12.2 Å². The Bertz CT molecular complexity index is 574. The lowest BCUT2D eigenvalue weighted by molar-refractivity contribution is -0.117. The summed E-state index contributed by atoms with van der Waals surface area (Å²) in [6.45, 7) is 2.69. The van der Waals surface area contributed by atoms with E-state index in [1.165, 1.54) is 19.3 Å². The van der Waals surface area contributed by atoms with Crippen LogP contribution in [0.3, 0.4) is 0 Å². The second kappa shape index (κ2) is 9.46. The van der Waals surface area contributed by atoms with Crippen molar-refractivity contribution in [3.8, 4) is 17.6 Å². The Morgan fingerprint density at radius 3 is 2.77 bits per heavy atom. The summed E-state index contributed by atoms with van der Waals surface area (Å²) in [5, 5.41) is 21.5. The van der Waals surface area contributed by atoms with Gasteiger partial charge in [-0.15, -0.1) is 0 Å². The van der Waals surface area contributed by atoms with Crippen LogP contribution in [0.4, 0.5) is 0 Å². The summed E-state index contributed by atoms with van der Waals surface area (Å²) in [7, 11) is 1.46. The molecule has 0 atom stereocenters. The van der Waals surface area contributed by atoms with E-state index in [1.807, 2.05) is 6.07 Å². The Morgan fingerprint density at radius 2 is 2.18 bits per heavy atom. The highest BCUT2D eigenvalue weighted by molar-refractivity contribution is 6.01. The average Bonchev–Trinajstić information content (AvgIpc) is 2.52. The van der Waals surface area contributed by atoms with Crippen LogP contribution in [0.1, 0.15) is 38.2 Å². The third kappa shape index (κ3) is 5.49. The number of hydrogen-bond acceptors (Lipinski definition) is 4. The highest BCUT2D eigenvalue weighted by Gasteiger charge is 2.09. The molecule has 0 aromatic heterocycles. The summed E-state index contributed by atoms with van der Waals surface area (Å²) in [6.07, 6.45) is 5.69. The highest BCUT2D eigenvalue weighted by atomic mass is 16.5. The van der Waals surface area contributed by atoms with Crippen molar-refractivity contribution < 1.29 is 14.6 Å². The number of carbonyl (C=O) groups excluding carboxylic acids is 1. The smallest absolute Gasteiger partial charge is 0.261 e. The van der Waals surface area contributed by atoms with Gasteiger partial charge in [-0.25, -0.2) is 0 Å². The number of carbonyl (C=O) groups is 1. The average molecular weight is 302 g/mol. The van der Waals surface area contributed by atoms with Crippen molar-refractivity contribution in [2.24, 2.45) is 0 Å². The van der Waals surface area contributed by atoms with Gasteiger partial charge < -0.3 is 15.2 Å². The monoisotopic (exact) mass is 302 g/mol. The number of rotatable bonds is 8. The minimum atomic E-state index is -0.394. The molecule has 5 heteroatoms. The van der Waals surface area contributed by atoms with Gasteiger partial charge in [-0.3, -0.25) is 4.79 Å². The minimum absolute atomic E-state index is 0.0139. The van der Waals surface area contributed by atoms with Crippen molar-refractivity contribution in [3.05, 3.63) is 29.3 Å². The number of nitriles is 1. The molecule has 2 N–H and O–H groups in total. The van der Waals surface area contributed by atoms with Gasteiger partial charge in [-0.2, -0.15) is 5.26 Å². The zero-order valence-electron chi connectivity index (χ0n) is 13.1. The molecular weight excluding hydrogens is 280 g/mol. The first-order valence-corrected chi connectivity index (χ1v) is 7.39. The first-order valence-electron chi connectivity index (χ1n) is 7.39. The topological polar surface area (TPSA) is 82.4 Å². The SMILES string of the molecule is CCCCCCNC(=O)/C(C#N)=C/c1ccc(OC)c(O)c1. The normalized spacial score (nSPS) is 10.9. The molecule has 5 nitrogen and oxygen atoms in total. The second-order valence-electron chi connectivity index (χ2n) is 4.92. The maximum Gasteiger partial charge on any atom is 0.261 e. The van der Waals surface area contributed by atoms with Gasteiger partial charge in [-0.05, 0) is 30.2 Å². The van der Waals surface area contributed by atoms with Crippen LogP contribution in [0.5, 0.6) is 11.5 Å². The fourth-order valence-corrected chi connectivity index (χ4v) is 1.96.